The van der Waals surface area contributed by atoms with Crippen molar-refractivity contribution in [3.05, 3.63) is 239 Å². The molecule has 0 radical (unpaired) electrons. The van der Waals surface area contributed by atoms with E-state index in [-0.39, 0.29) is 45.7 Å². The lowest BCUT2D eigenvalue weighted by Gasteiger charge is -2.27. The first-order chi connectivity index (χ1) is 59.2. The molecule has 12 aromatic heterocycles. The Bertz CT molecular complexity index is 6950. The molecule has 4 aliphatic heterocycles. The molecule has 24 aromatic rings. The summed E-state index contributed by atoms with van der Waals surface area (Å²) in [5, 5.41) is 14.1. The van der Waals surface area contributed by atoms with Crippen molar-refractivity contribution in [3.8, 4) is 0 Å². The molecule has 0 amide bonds. The van der Waals surface area contributed by atoms with Crippen LogP contribution < -0.4 is 0 Å². The van der Waals surface area contributed by atoms with Gasteiger partial charge in [0.15, 0.2) is 0 Å². The lowest BCUT2D eigenvalue weighted by atomic mass is 9.77. The Labute approximate surface area is 684 Å². The van der Waals surface area contributed by atoms with E-state index in [1.54, 1.807) is 0 Å². The van der Waals surface area contributed by atoms with Gasteiger partial charge in [-0.15, -0.1) is 0 Å². The Morgan fingerprint density at radius 2 is 0.325 bits per heavy atom. The third-order valence-electron chi connectivity index (χ3n) is 26.7. The first kappa shape index (κ1) is 69.5. The molecule has 0 N–H and O–H groups in total. The Balaban J connectivity index is 1.03. The topological polar surface area (TPSA) is 208 Å². The average Bonchev–Trinajstić information content (AvgIpc) is 1.55. The van der Waals surface area contributed by atoms with E-state index in [2.05, 4.69) is 222 Å². The Kier molecular flexibility index (Phi) is 15.6. The van der Waals surface area contributed by atoms with Crippen molar-refractivity contribution in [2.75, 3.05) is 0 Å². The number of rotatable bonds is 16. The zero-order valence-corrected chi connectivity index (χ0v) is 66.9. The third kappa shape index (κ3) is 10.7. The van der Waals surface area contributed by atoms with Crippen molar-refractivity contribution in [2.24, 2.45) is 0 Å². The Morgan fingerprint density at radius 1 is 0.183 bits per heavy atom. The molecule has 16 nitrogen and oxygen atoms in total. The van der Waals surface area contributed by atoms with Gasteiger partial charge in [0, 0.05) is 136 Å². The highest BCUT2D eigenvalue weighted by atomic mass is 16.4. The van der Waals surface area contributed by atoms with Gasteiger partial charge in [0.05, 0.1) is 0 Å². The summed E-state index contributed by atoms with van der Waals surface area (Å²) < 4.78 is 63.1. The van der Waals surface area contributed by atoms with Crippen molar-refractivity contribution >= 4 is 221 Å². The van der Waals surface area contributed by atoms with Crippen LogP contribution in [0.15, 0.2) is 229 Å². The van der Waals surface area contributed by atoms with Gasteiger partial charge in [0.2, 0.25) is 0 Å². The molecular formula is C104H80N8O8. The van der Waals surface area contributed by atoms with Gasteiger partial charge < -0.3 is 35.3 Å². The van der Waals surface area contributed by atoms with Crippen LogP contribution in [-0.4, -0.2) is 39.9 Å². The summed E-state index contributed by atoms with van der Waals surface area (Å²) in [5.41, 5.74) is 17.9. The first-order valence-corrected chi connectivity index (χ1v) is 43.2. The van der Waals surface area contributed by atoms with E-state index < -0.39 is 23.7 Å². The highest BCUT2D eigenvalue weighted by molar-refractivity contribution is 6.20. The van der Waals surface area contributed by atoms with Crippen molar-refractivity contribution in [2.45, 2.75) is 154 Å². The maximum absolute atomic E-state index is 7.89. The van der Waals surface area contributed by atoms with Crippen LogP contribution in [0.4, 0.5) is 0 Å². The number of hydrogen-bond donors (Lipinski definition) is 0. The number of benzene rings is 12. The van der Waals surface area contributed by atoms with Gasteiger partial charge in [0.1, 0.15) is 88.8 Å². The summed E-state index contributed by atoms with van der Waals surface area (Å²) >= 11 is 0. The fraction of sp³-hybridized carbons (Fsp3) is 0.231. The summed E-state index contributed by atoms with van der Waals surface area (Å²) in [7, 11) is 0. The van der Waals surface area contributed by atoms with Gasteiger partial charge in [-0.1, -0.05) is 250 Å². The van der Waals surface area contributed by atoms with E-state index in [4.69, 9.17) is 75.2 Å². The molecule has 16 heteroatoms. The highest BCUT2D eigenvalue weighted by Crippen LogP contribution is 2.52. The summed E-state index contributed by atoms with van der Waals surface area (Å²) in [5.74, 6) is -1.67. The van der Waals surface area contributed by atoms with Gasteiger partial charge in [-0.25, -0.2) is 39.9 Å². The molecule has 0 atom stereocenters. The molecule has 28 rings (SSSR count). The minimum Gasteiger partial charge on any atom is -0.434 e. The van der Waals surface area contributed by atoms with Crippen LogP contribution in [0.3, 0.4) is 0 Å². The van der Waals surface area contributed by atoms with Crippen molar-refractivity contribution in [1.29, 1.82) is 0 Å². The minimum atomic E-state index is -0.417. The average molecular weight is 1570 g/mol. The van der Waals surface area contributed by atoms with E-state index in [1.807, 2.05) is 0 Å². The van der Waals surface area contributed by atoms with Gasteiger partial charge >= 0.3 is 0 Å². The maximum Gasteiger partial charge on any atom is 0.284 e. The van der Waals surface area contributed by atoms with E-state index in [0.29, 0.717) is 114 Å². The molecule has 0 fully saturated rings. The highest BCUT2D eigenvalue weighted by Gasteiger charge is 2.36. The normalized spacial score (nSPS) is 15.7. The molecule has 0 unspecified atom stereocenters. The molecular weight excluding hydrogens is 1490 g/mol. The summed E-state index contributed by atoms with van der Waals surface area (Å²) in [6.07, 6.45) is 14.0. The van der Waals surface area contributed by atoms with Gasteiger partial charge in [-0.2, -0.15) is 0 Å². The molecule has 0 saturated heterocycles. The van der Waals surface area contributed by atoms with Crippen LogP contribution in [0, 0.1) is 0 Å². The molecule has 0 saturated carbocycles. The molecule has 32 bridgehead atoms. The second kappa shape index (κ2) is 27.0. The minimum absolute atomic E-state index is 0.164. The van der Waals surface area contributed by atoms with Crippen molar-refractivity contribution in [1.82, 2.24) is 39.9 Å². The van der Waals surface area contributed by atoms with E-state index in [9.17, 15) is 0 Å². The van der Waals surface area contributed by atoms with Crippen LogP contribution >= 0.6 is 0 Å². The predicted octanol–water partition coefficient (Wildman–Crippen LogP) is 29.8. The van der Waals surface area contributed by atoms with Crippen molar-refractivity contribution in [3.63, 3.8) is 0 Å². The van der Waals surface area contributed by atoms with Gasteiger partial charge in [0.25, 0.3) is 45.7 Å². The molecule has 16 heterocycles. The lowest BCUT2D eigenvalue weighted by molar-refractivity contribution is 0.579. The predicted molar refractivity (Wildman–Crippen MR) is 480 cm³/mol. The van der Waals surface area contributed by atoms with Crippen LogP contribution in [0.2, 0.25) is 0 Å². The number of nitrogens with zero attached hydrogens (tertiary/aromatic N) is 8. The number of aromatic nitrogens is 8. The van der Waals surface area contributed by atoms with Gasteiger partial charge in [-0.3, -0.25) is 0 Å². The summed E-state index contributed by atoms with van der Waals surface area (Å²) in [6, 6.07) is 70.0. The zero-order valence-electron chi connectivity index (χ0n) is 66.9. The molecule has 120 heavy (non-hydrogen) atoms. The second-order valence-electron chi connectivity index (χ2n) is 33.8. The fourth-order valence-electron chi connectivity index (χ4n) is 20.5. The Morgan fingerprint density at radius 3 is 0.458 bits per heavy atom. The standard InChI is InChI=1S/C104H80N8O8/c1-5-9-13-17-69-73-45-75-70(18-14-10-6-2)77-47-79-72(20-16-12-8-4)80-48-78-71(19-15-11-7-3)76-46-74(69)82-50-84(76)116-100-102-110-94-66-42-40-64(92(94)108-100)56-27-23-54(24-28-56)62-38-37-61-53-21-25-55(26-22-53)63-39-41-65-57-29-33-59(34-30-57)67-43-44-68(60-35-31-58(66)32-36-60)96-95(67)111-103(104(112-96)120-88(80)52-86(78)118-102)119-87(79)51-85(77)117-101-99(107-91(63)93(65)109-101)115-83(75)49-81(73)113-97-98(114-82)106-90(62)89(61)105-97/h21-52,69-72H,5-20H2,1-4H3. The fourth-order valence-corrected chi connectivity index (χ4v) is 20.5. The molecule has 0 spiro atoms. The van der Waals surface area contributed by atoms with Crippen molar-refractivity contribution < 1.29 is 35.3 Å². The molecule has 584 valence electrons. The third-order valence-corrected chi connectivity index (χ3v) is 26.7. The Hall–Kier alpha value is -13.6. The van der Waals surface area contributed by atoms with Crippen LogP contribution in [0.5, 0.6) is 0 Å². The zero-order chi connectivity index (χ0) is 79.3. The molecule has 0 aliphatic carbocycles. The summed E-state index contributed by atoms with van der Waals surface area (Å²) in [6.45, 7) is 9.08. The smallest absolute Gasteiger partial charge is 0.284 e. The van der Waals surface area contributed by atoms with Crippen LogP contribution in [0.1, 0.15) is 199 Å². The van der Waals surface area contributed by atoms with Crippen LogP contribution in [0.25, 0.3) is 221 Å². The van der Waals surface area contributed by atoms with Crippen LogP contribution in [-0.2, 0) is 0 Å². The molecule has 4 aliphatic rings. The maximum atomic E-state index is 7.89. The lowest BCUT2D eigenvalue weighted by Crippen LogP contribution is -2.12. The number of hydrogen-bond acceptors (Lipinski definition) is 16. The molecule has 12 aromatic carbocycles. The van der Waals surface area contributed by atoms with E-state index >= 15 is 0 Å². The number of unbranched alkanes of at least 4 members (excludes halogenated alkanes) is 8. The van der Waals surface area contributed by atoms with E-state index in [1.165, 1.54) is 0 Å². The first-order valence-electron chi connectivity index (χ1n) is 43.2. The number of fused-ring (bicyclic) bond motifs is 8. The van der Waals surface area contributed by atoms with Gasteiger partial charge in [-0.05, 0) is 93.0 Å². The van der Waals surface area contributed by atoms with E-state index in [0.717, 1.165) is 208 Å². The summed E-state index contributed by atoms with van der Waals surface area (Å²) in [4.78, 5) is 46.8. The quantitative estimate of drug-likeness (QED) is 0.0824. The SMILES string of the molecule is CCCCCC1c2cc3c4cc2oc2nc5c6ccc7c8ccc(cc8)c8ccc9c%10ccc(cc%10)c%10ccc%11c%12ccc(cc%12)c%12ccc(c%13ccc6cc%13)c6nc(o4)c(nc%126)oc4cc6oc%12nc%11c%10nc%12oc%10cc%11oc%12nc9c8nc%12oc8cc(oc2nc75)c1cc8C(CCCCC)c%11cc%10C(CCCCC)c6cc4C3CCCCC. The second-order valence-corrected chi connectivity index (χ2v) is 33.8. The largest absolute Gasteiger partial charge is 0.434 e. The monoisotopic (exact) mass is 1570 g/mol.